The van der Waals surface area contributed by atoms with Crippen LogP contribution in [0.5, 0.6) is 11.5 Å². The zero-order valence-electron chi connectivity index (χ0n) is 18.4. The molecule has 3 rings (SSSR count). The Morgan fingerprint density at radius 1 is 1.17 bits per heavy atom. The molecular formula is C22H34N6O2. The summed E-state index contributed by atoms with van der Waals surface area (Å²) in [6.07, 6.45) is 5.35. The molecule has 0 atom stereocenters. The number of fused-ring (bicyclic) bond motifs is 1. The Hall–Kier alpha value is -2.77. The zero-order chi connectivity index (χ0) is 21.2. The largest absolute Gasteiger partial charge is 0.493 e. The van der Waals surface area contributed by atoms with E-state index in [1.54, 1.807) is 7.11 Å². The number of nitrogens with zero attached hydrogens (tertiary/aromatic N) is 4. The number of guanidine groups is 1. The van der Waals surface area contributed by atoms with Crippen LogP contribution in [-0.2, 0) is 25.9 Å². The van der Waals surface area contributed by atoms with Crippen LogP contribution < -0.4 is 20.1 Å². The van der Waals surface area contributed by atoms with E-state index < -0.39 is 0 Å². The van der Waals surface area contributed by atoms with Gasteiger partial charge >= 0.3 is 0 Å². The predicted octanol–water partition coefficient (Wildman–Crippen LogP) is 2.71. The van der Waals surface area contributed by atoms with Crippen molar-refractivity contribution in [1.82, 2.24) is 25.4 Å². The zero-order valence-corrected chi connectivity index (χ0v) is 18.4. The lowest BCUT2D eigenvalue weighted by molar-refractivity contribution is 0.310. The minimum absolute atomic E-state index is 0.540. The van der Waals surface area contributed by atoms with Gasteiger partial charge in [0.2, 0.25) is 0 Å². The van der Waals surface area contributed by atoms with E-state index in [2.05, 4.69) is 44.5 Å². The van der Waals surface area contributed by atoms with Crippen LogP contribution in [0.3, 0.4) is 0 Å². The van der Waals surface area contributed by atoms with Crippen LogP contribution in [0.15, 0.2) is 23.2 Å². The minimum Gasteiger partial charge on any atom is -0.493 e. The van der Waals surface area contributed by atoms with Gasteiger partial charge < -0.3 is 24.7 Å². The first kappa shape index (κ1) is 21.9. The van der Waals surface area contributed by atoms with E-state index in [1.165, 1.54) is 18.4 Å². The molecule has 2 aromatic rings. The Labute approximate surface area is 179 Å². The molecule has 0 spiro atoms. The van der Waals surface area contributed by atoms with Crippen molar-refractivity contribution in [1.29, 1.82) is 0 Å². The third kappa shape index (κ3) is 5.87. The van der Waals surface area contributed by atoms with E-state index in [4.69, 9.17) is 14.5 Å². The molecule has 1 aromatic heterocycles. The molecule has 30 heavy (non-hydrogen) atoms. The number of ether oxygens (including phenoxy) is 2. The van der Waals surface area contributed by atoms with E-state index in [9.17, 15) is 0 Å². The second-order valence-electron chi connectivity index (χ2n) is 7.28. The van der Waals surface area contributed by atoms with Crippen molar-refractivity contribution in [3.05, 3.63) is 35.4 Å². The van der Waals surface area contributed by atoms with Gasteiger partial charge in [-0.3, -0.25) is 0 Å². The van der Waals surface area contributed by atoms with E-state index >= 15 is 0 Å². The van der Waals surface area contributed by atoms with E-state index in [0.29, 0.717) is 13.2 Å². The Bertz CT molecular complexity index is 833. The summed E-state index contributed by atoms with van der Waals surface area (Å²) in [5, 5.41) is 15.4. The van der Waals surface area contributed by atoms with Gasteiger partial charge in [-0.2, -0.15) is 0 Å². The average molecular weight is 415 g/mol. The first-order chi connectivity index (χ1) is 14.7. The third-order valence-corrected chi connectivity index (χ3v) is 5.12. The van der Waals surface area contributed by atoms with E-state index in [1.807, 2.05) is 13.0 Å². The lowest BCUT2D eigenvalue weighted by Gasteiger charge is -2.15. The van der Waals surface area contributed by atoms with Gasteiger partial charge in [0.1, 0.15) is 12.4 Å². The number of methoxy groups -OCH3 is 1. The number of aryl methyl sites for hydroxylation is 2. The molecule has 0 radical (unpaired) electrons. The molecule has 164 valence electrons. The van der Waals surface area contributed by atoms with E-state index in [-0.39, 0.29) is 0 Å². The summed E-state index contributed by atoms with van der Waals surface area (Å²) in [7, 11) is 1.67. The minimum atomic E-state index is 0.540. The van der Waals surface area contributed by atoms with Crippen molar-refractivity contribution in [2.75, 3.05) is 26.8 Å². The molecular weight excluding hydrogens is 380 g/mol. The summed E-state index contributed by atoms with van der Waals surface area (Å²) in [4.78, 5) is 4.70. The standard InChI is InChI=1S/C22H34N6O2/c1-4-23-22(25-16-21-27-26-20-10-6-7-14-28(20)21)24-13-8-9-17-11-12-18(29-3)19(15-17)30-5-2/h11-12,15H,4-10,13-14,16H2,1-3H3,(H2,23,24,25). The second kappa shape index (κ2) is 11.4. The highest BCUT2D eigenvalue weighted by atomic mass is 16.5. The van der Waals surface area contributed by atoms with Crippen LogP contribution in [0, 0.1) is 0 Å². The molecule has 0 fully saturated rings. The van der Waals surface area contributed by atoms with Gasteiger partial charge in [-0.15, -0.1) is 10.2 Å². The van der Waals surface area contributed by atoms with Crippen molar-refractivity contribution in [3.63, 3.8) is 0 Å². The molecule has 0 amide bonds. The smallest absolute Gasteiger partial charge is 0.191 e. The number of hydrogen-bond acceptors (Lipinski definition) is 5. The Kier molecular flexibility index (Phi) is 8.35. The van der Waals surface area contributed by atoms with Gasteiger partial charge in [0.25, 0.3) is 0 Å². The lowest BCUT2D eigenvalue weighted by atomic mass is 10.1. The first-order valence-electron chi connectivity index (χ1n) is 11.0. The average Bonchev–Trinajstić information content (AvgIpc) is 3.18. The van der Waals surface area contributed by atoms with Crippen LogP contribution in [-0.4, -0.2) is 47.5 Å². The Morgan fingerprint density at radius 3 is 2.87 bits per heavy atom. The number of aromatic nitrogens is 3. The normalized spacial score (nSPS) is 13.6. The molecule has 8 nitrogen and oxygen atoms in total. The van der Waals surface area contributed by atoms with Crippen LogP contribution in [0.4, 0.5) is 0 Å². The molecule has 2 N–H and O–H groups in total. The SMILES string of the molecule is CCNC(=NCc1nnc2n1CCCC2)NCCCc1ccc(OC)c(OCC)c1. The van der Waals surface area contributed by atoms with Gasteiger partial charge in [0.05, 0.1) is 13.7 Å². The summed E-state index contributed by atoms with van der Waals surface area (Å²) >= 11 is 0. The lowest BCUT2D eigenvalue weighted by Crippen LogP contribution is -2.38. The maximum Gasteiger partial charge on any atom is 0.191 e. The number of rotatable bonds is 10. The fourth-order valence-corrected chi connectivity index (χ4v) is 3.62. The molecule has 0 saturated carbocycles. The Morgan fingerprint density at radius 2 is 2.07 bits per heavy atom. The summed E-state index contributed by atoms with van der Waals surface area (Å²) in [6, 6.07) is 6.13. The molecule has 0 bridgehead atoms. The fraction of sp³-hybridized carbons (Fsp3) is 0.591. The maximum absolute atomic E-state index is 5.67. The van der Waals surface area contributed by atoms with Gasteiger partial charge in [-0.1, -0.05) is 6.07 Å². The molecule has 0 aliphatic carbocycles. The molecule has 0 unspecified atom stereocenters. The van der Waals surface area contributed by atoms with Crippen molar-refractivity contribution >= 4 is 5.96 Å². The van der Waals surface area contributed by atoms with Crippen molar-refractivity contribution < 1.29 is 9.47 Å². The molecule has 0 saturated heterocycles. The topological polar surface area (TPSA) is 85.6 Å². The predicted molar refractivity (Wildman–Crippen MR) is 118 cm³/mol. The van der Waals surface area contributed by atoms with Crippen LogP contribution in [0.2, 0.25) is 0 Å². The number of hydrogen-bond donors (Lipinski definition) is 2. The van der Waals surface area contributed by atoms with Crippen LogP contribution in [0.1, 0.15) is 50.3 Å². The highest BCUT2D eigenvalue weighted by molar-refractivity contribution is 5.79. The summed E-state index contributed by atoms with van der Waals surface area (Å²) in [5.74, 6) is 4.43. The molecule has 8 heteroatoms. The van der Waals surface area contributed by atoms with Crippen LogP contribution in [0.25, 0.3) is 0 Å². The quantitative estimate of drug-likeness (QED) is 0.353. The van der Waals surface area contributed by atoms with Gasteiger partial charge in [-0.05, 0) is 57.2 Å². The number of benzene rings is 1. The third-order valence-electron chi connectivity index (χ3n) is 5.12. The number of nitrogens with one attached hydrogen (secondary N) is 2. The van der Waals surface area contributed by atoms with Gasteiger partial charge in [0.15, 0.2) is 23.3 Å². The summed E-state index contributed by atoms with van der Waals surface area (Å²) in [5.41, 5.74) is 1.23. The maximum atomic E-state index is 5.67. The van der Waals surface area contributed by atoms with Crippen molar-refractivity contribution in [3.8, 4) is 11.5 Å². The fourth-order valence-electron chi connectivity index (χ4n) is 3.62. The molecule has 1 aliphatic rings. The molecule has 1 aliphatic heterocycles. The Balaban J connectivity index is 1.51. The summed E-state index contributed by atoms with van der Waals surface area (Å²) in [6.45, 7) is 7.87. The van der Waals surface area contributed by atoms with Gasteiger partial charge in [-0.25, -0.2) is 4.99 Å². The van der Waals surface area contributed by atoms with Crippen molar-refractivity contribution in [2.24, 2.45) is 4.99 Å². The highest BCUT2D eigenvalue weighted by Crippen LogP contribution is 2.28. The monoisotopic (exact) mass is 414 g/mol. The van der Waals surface area contributed by atoms with Crippen molar-refractivity contribution in [2.45, 2.75) is 59.0 Å². The van der Waals surface area contributed by atoms with Gasteiger partial charge in [0, 0.05) is 26.1 Å². The van der Waals surface area contributed by atoms with Crippen LogP contribution >= 0.6 is 0 Å². The molecule has 2 heterocycles. The van der Waals surface area contributed by atoms with E-state index in [0.717, 1.165) is 68.0 Å². The summed E-state index contributed by atoms with van der Waals surface area (Å²) < 4.78 is 13.2. The number of aliphatic imine (C=N–C) groups is 1. The highest BCUT2D eigenvalue weighted by Gasteiger charge is 2.15. The second-order valence-corrected chi connectivity index (χ2v) is 7.28. The molecule has 1 aromatic carbocycles. The first-order valence-corrected chi connectivity index (χ1v) is 11.0.